The molecule has 1 aromatic rings. The molecule has 0 aromatic carbocycles. The van der Waals surface area contributed by atoms with Gasteiger partial charge in [0.25, 0.3) is 5.91 Å². The summed E-state index contributed by atoms with van der Waals surface area (Å²) in [6.07, 6.45) is 2.37. The van der Waals surface area contributed by atoms with Crippen LogP contribution in [0.2, 0.25) is 0 Å². The van der Waals surface area contributed by atoms with Gasteiger partial charge in [0.1, 0.15) is 5.76 Å². The zero-order valence-electron chi connectivity index (χ0n) is 14.7. The fraction of sp³-hybridized carbons (Fsp3) is 0.611. The molecule has 2 fully saturated rings. The summed E-state index contributed by atoms with van der Waals surface area (Å²) >= 11 is 0. The van der Waals surface area contributed by atoms with Crippen molar-refractivity contribution in [2.24, 2.45) is 5.41 Å². The highest BCUT2D eigenvalue weighted by molar-refractivity contribution is 5.93. The molecule has 1 spiro atoms. The van der Waals surface area contributed by atoms with E-state index < -0.39 is 5.41 Å². The number of ether oxygens (including phenoxy) is 1. The molecule has 3 heterocycles. The van der Waals surface area contributed by atoms with Crippen molar-refractivity contribution < 1.29 is 18.7 Å². The molecular weight excluding hydrogens is 324 g/mol. The van der Waals surface area contributed by atoms with Crippen molar-refractivity contribution in [1.82, 2.24) is 9.80 Å². The molecule has 1 aromatic heterocycles. The van der Waals surface area contributed by atoms with Crippen molar-refractivity contribution in [3.05, 3.63) is 33.9 Å². The van der Waals surface area contributed by atoms with Crippen LogP contribution in [-0.4, -0.2) is 61.5 Å². The predicted octanol–water partition coefficient (Wildman–Crippen LogP) is 1.05. The highest BCUT2D eigenvalue weighted by Gasteiger charge is 2.49. The number of piperidine rings is 1. The van der Waals surface area contributed by atoms with E-state index in [1.165, 1.54) is 12.1 Å². The van der Waals surface area contributed by atoms with Crippen LogP contribution in [-0.2, 0) is 9.53 Å². The molecular formula is C18H24N2O5. The highest BCUT2D eigenvalue weighted by atomic mass is 16.5. The molecule has 0 unspecified atom stereocenters. The second kappa shape index (κ2) is 7.00. The van der Waals surface area contributed by atoms with Crippen LogP contribution >= 0.6 is 0 Å². The zero-order chi connectivity index (χ0) is 18.0. The Morgan fingerprint density at radius 3 is 2.80 bits per heavy atom. The molecule has 2 saturated heterocycles. The maximum atomic E-state index is 12.9. The normalized spacial score (nSPS) is 23.5. The lowest BCUT2D eigenvalue weighted by Crippen LogP contribution is -2.51. The summed E-state index contributed by atoms with van der Waals surface area (Å²) in [4.78, 5) is 40.7. The maximum Gasteiger partial charge on any atom is 0.289 e. The zero-order valence-corrected chi connectivity index (χ0v) is 14.7. The minimum Gasteiger partial charge on any atom is -0.456 e. The standard InChI is InChI=1S/C18H24N2O5/c1-13-10-14(21)11-15(25-13)16(22)20-7-5-18(12-20)4-3-6-19(17(18)23)8-9-24-2/h10-11H,3-9,12H2,1-2H3/t18-/m0/s1. The second-order valence-electron chi connectivity index (χ2n) is 6.91. The molecule has 2 amide bonds. The highest BCUT2D eigenvalue weighted by Crippen LogP contribution is 2.40. The number of hydrogen-bond donors (Lipinski definition) is 0. The minimum atomic E-state index is -0.508. The van der Waals surface area contributed by atoms with Gasteiger partial charge in [0.15, 0.2) is 11.2 Å². The lowest BCUT2D eigenvalue weighted by molar-refractivity contribution is -0.146. The number of hydrogen-bond acceptors (Lipinski definition) is 5. The quantitative estimate of drug-likeness (QED) is 0.812. The Balaban J connectivity index is 1.74. The van der Waals surface area contributed by atoms with E-state index in [0.29, 0.717) is 38.4 Å². The van der Waals surface area contributed by atoms with Crippen LogP contribution in [0.1, 0.15) is 35.6 Å². The van der Waals surface area contributed by atoms with Crippen LogP contribution in [0.4, 0.5) is 0 Å². The molecule has 3 rings (SSSR count). The first-order valence-corrected chi connectivity index (χ1v) is 8.65. The minimum absolute atomic E-state index is 0.0431. The number of amides is 2. The third-order valence-electron chi connectivity index (χ3n) is 5.13. The summed E-state index contributed by atoms with van der Waals surface area (Å²) < 4.78 is 10.5. The summed E-state index contributed by atoms with van der Waals surface area (Å²) in [5.74, 6) is 0.238. The number of nitrogens with zero attached hydrogens (tertiary/aromatic N) is 2. The summed E-state index contributed by atoms with van der Waals surface area (Å²) in [6.45, 7) is 4.36. The van der Waals surface area contributed by atoms with E-state index in [1.54, 1.807) is 18.9 Å². The van der Waals surface area contributed by atoms with E-state index in [1.807, 2.05) is 4.90 Å². The van der Waals surface area contributed by atoms with E-state index in [2.05, 4.69) is 0 Å². The Morgan fingerprint density at radius 2 is 2.08 bits per heavy atom. The largest absolute Gasteiger partial charge is 0.456 e. The Kier molecular flexibility index (Phi) is 4.94. The first kappa shape index (κ1) is 17.7. The van der Waals surface area contributed by atoms with Crippen molar-refractivity contribution in [2.75, 3.05) is 39.9 Å². The number of likely N-dealkylation sites (tertiary alicyclic amines) is 2. The smallest absolute Gasteiger partial charge is 0.289 e. The Bertz CT molecular complexity index is 728. The van der Waals surface area contributed by atoms with Crippen LogP contribution in [0, 0.1) is 12.3 Å². The van der Waals surface area contributed by atoms with Gasteiger partial charge in [0.2, 0.25) is 5.91 Å². The SMILES string of the molecule is COCCN1CCC[C@@]2(CCN(C(=O)c3cc(=O)cc(C)o3)C2)C1=O. The predicted molar refractivity (Wildman–Crippen MR) is 90.4 cm³/mol. The lowest BCUT2D eigenvalue weighted by Gasteiger charge is -2.39. The third-order valence-corrected chi connectivity index (χ3v) is 5.13. The molecule has 25 heavy (non-hydrogen) atoms. The fourth-order valence-electron chi connectivity index (χ4n) is 3.86. The van der Waals surface area contributed by atoms with Gasteiger partial charge in [-0.3, -0.25) is 14.4 Å². The van der Waals surface area contributed by atoms with Gasteiger partial charge < -0.3 is 19.0 Å². The number of methoxy groups -OCH3 is 1. The van der Waals surface area contributed by atoms with Crippen LogP contribution in [0.5, 0.6) is 0 Å². The third kappa shape index (κ3) is 3.46. The molecule has 0 N–H and O–H groups in total. The molecule has 0 saturated carbocycles. The van der Waals surface area contributed by atoms with Crippen LogP contribution in [0.3, 0.4) is 0 Å². The van der Waals surface area contributed by atoms with Gasteiger partial charge >= 0.3 is 0 Å². The summed E-state index contributed by atoms with van der Waals surface area (Å²) in [6, 6.07) is 2.56. The molecule has 1 atom stereocenters. The number of carbonyl (C=O) groups excluding carboxylic acids is 2. The van der Waals surface area contributed by atoms with E-state index in [0.717, 1.165) is 19.4 Å². The Morgan fingerprint density at radius 1 is 1.28 bits per heavy atom. The van der Waals surface area contributed by atoms with E-state index >= 15 is 0 Å². The molecule has 2 aliphatic heterocycles. The molecule has 0 bridgehead atoms. The number of aryl methyl sites for hydroxylation is 1. The van der Waals surface area contributed by atoms with Gasteiger partial charge in [-0.15, -0.1) is 0 Å². The van der Waals surface area contributed by atoms with Gasteiger partial charge in [-0.1, -0.05) is 0 Å². The Labute approximate surface area is 146 Å². The Hall–Kier alpha value is -2.15. The van der Waals surface area contributed by atoms with Crippen molar-refractivity contribution >= 4 is 11.8 Å². The molecule has 136 valence electrons. The van der Waals surface area contributed by atoms with E-state index in [9.17, 15) is 14.4 Å². The topological polar surface area (TPSA) is 80.1 Å². The van der Waals surface area contributed by atoms with Gasteiger partial charge in [0.05, 0.1) is 12.0 Å². The number of carbonyl (C=O) groups is 2. The lowest BCUT2D eigenvalue weighted by atomic mass is 9.78. The van der Waals surface area contributed by atoms with Gasteiger partial charge in [-0.2, -0.15) is 0 Å². The van der Waals surface area contributed by atoms with Crippen molar-refractivity contribution in [1.29, 1.82) is 0 Å². The van der Waals surface area contributed by atoms with Crippen LogP contribution in [0.15, 0.2) is 21.3 Å². The summed E-state index contributed by atoms with van der Waals surface area (Å²) in [7, 11) is 1.62. The molecule has 0 radical (unpaired) electrons. The average molecular weight is 348 g/mol. The van der Waals surface area contributed by atoms with E-state index in [-0.39, 0.29) is 23.0 Å². The van der Waals surface area contributed by atoms with Crippen molar-refractivity contribution in [3.8, 4) is 0 Å². The first-order chi connectivity index (χ1) is 11.9. The summed E-state index contributed by atoms with van der Waals surface area (Å²) in [5.41, 5.74) is -0.758. The molecule has 0 aliphatic carbocycles. The van der Waals surface area contributed by atoms with Gasteiger partial charge in [-0.05, 0) is 26.2 Å². The molecule has 2 aliphatic rings. The fourth-order valence-corrected chi connectivity index (χ4v) is 3.86. The average Bonchev–Trinajstić information content (AvgIpc) is 3.00. The first-order valence-electron chi connectivity index (χ1n) is 8.65. The monoisotopic (exact) mass is 348 g/mol. The maximum absolute atomic E-state index is 12.9. The van der Waals surface area contributed by atoms with Gasteiger partial charge in [-0.25, -0.2) is 0 Å². The van der Waals surface area contributed by atoms with Gasteiger partial charge in [0, 0.05) is 45.4 Å². The molecule has 7 heteroatoms. The van der Waals surface area contributed by atoms with Crippen LogP contribution < -0.4 is 5.43 Å². The molecule has 7 nitrogen and oxygen atoms in total. The number of rotatable bonds is 4. The van der Waals surface area contributed by atoms with Crippen molar-refractivity contribution in [3.63, 3.8) is 0 Å². The summed E-state index contributed by atoms with van der Waals surface area (Å²) in [5, 5.41) is 0. The van der Waals surface area contributed by atoms with Crippen molar-refractivity contribution in [2.45, 2.75) is 26.2 Å². The van der Waals surface area contributed by atoms with Crippen LogP contribution in [0.25, 0.3) is 0 Å². The van der Waals surface area contributed by atoms with E-state index in [4.69, 9.17) is 9.15 Å². The second-order valence-corrected chi connectivity index (χ2v) is 6.91.